The van der Waals surface area contributed by atoms with Gasteiger partial charge in [-0.25, -0.2) is 0 Å². The smallest absolute Gasteiger partial charge is 0.330 e. The Balaban J connectivity index is 2.69. The molecule has 4 heteroatoms. The van der Waals surface area contributed by atoms with E-state index >= 15 is 0 Å². The Kier molecular flexibility index (Phi) is 7.66. The third-order valence-electron chi connectivity index (χ3n) is 3.72. The topological polar surface area (TPSA) is 43.4 Å². The lowest BCUT2D eigenvalue weighted by Crippen LogP contribution is -2.42. The summed E-state index contributed by atoms with van der Waals surface area (Å²) in [5.74, 6) is -0.413. The first kappa shape index (κ1) is 16.7. The van der Waals surface area contributed by atoms with Crippen LogP contribution in [-0.2, 0) is 14.3 Å². The first-order valence-corrected chi connectivity index (χ1v) is 8.30. The van der Waals surface area contributed by atoms with Crippen LogP contribution < -0.4 is 0 Å². The second-order valence-corrected chi connectivity index (χ2v) is 6.63. The fraction of sp³-hybridized carbons (Fsp3) is 0.867. The highest BCUT2D eigenvalue weighted by atomic mass is 79.9. The Labute approximate surface area is 124 Å². The molecule has 110 valence electrons. The molecule has 0 amide bonds. The van der Waals surface area contributed by atoms with E-state index in [1.807, 2.05) is 0 Å². The summed E-state index contributed by atoms with van der Waals surface area (Å²) in [6.07, 6.45) is 9.91. The number of rotatable bonds is 2. The first-order chi connectivity index (χ1) is 9.11. The monoisotopic (exact) mass is 332 g/mol. The fourth-order valence-electron chi connectivity index (χ4n) is 2.51. The largest absolute Gasteiger partial charge is 0.465 e. The van der Waals surface area contributed by atoms with Crippen molar-refractivity contribution in [3.63, 3.8) is 0 Å². The fourth-order valence-corrected chi connectivity index (χ4v) is 3.11. The Morgan fingerprint density at radius 2 is 1.63 bits per heavy atom. The van der Waals surface area contributed by atoms with E-state index in [4.69, 9.17) is 4.74 Å². The number of ketones is 1. The van der Waals surface area contributed by atoms with E-state index in [1.165, 1.54) is 25.7 Å². The average molecular weight is 333 g/mol. The molecule has 1 rings (SSSR count). The van der Waals surface area contributed by atoms with Gasteiger partial charge in [0.15, 0.2) is 10.1 Å². The van der Waals surface area contributed by atoms with Crippen LogP contribution >= 0.6 is 15.9 Å². The molecule has 19 heavy (non-hydrogen) atoms. The van der Waals surface area contributed by atoms with E-state index < -0.39 is 10.3 Å². The number of esters is 1. The molecule has 0 aromatic heterocycles. The molecule has 1 fully saturated rings. The molecule has 0 bridgehead atoms. The molecular weight excluding hydrogens is 308 g/mol. The standard InChI is InChI=1S/C15H25BrO3/c1-2-19-14(18)15(16)12-10-8-6-4-3-5-7-9-11-13(15)17/h2-12H2,1H3. The lowest BCUT2D eigenvalue weighted by Gasteiger charge is -2.24. The summed E-state index contributed by atoms with van der Waals surface area (Å²) in [6, 6.07) is 0. The number of hydrogen-bond donors (Lipinski definition) is 0. The third kappa shape index (κ3) is 5.25. The molecule has 1 saturated carbocycles. The molecule has 0 N–H and O–H groups in total. The Morgan fingerprint density at radius 1 is 1.11 bits per heavy atom. The molecule has 0 saturated heterocycles. The highest BCUT2D eigenvalue weighted by Crippen LogP contribution is 2.31. The molecule has 1 atom stereocenters. The zero-order chi connectivity index (χ0) is 14.1. The van der Waals surface area contributed by atoms with Crippen molar-refractivity contribution in [3.8, 4) is 0 Å². The number of carbonyl (C=O) groups is 2. The molecule has 0 radical (unpaired) electrons. The van der Waals surface area contributed by atoms with Gasteiger partial charge < -0.3 is 4.74 Å². The number of carbonyl (C=O) groups excluding carboxylic acids is 2. The maximum Gasteiger partial charge on any atom is 0.330 e. The lowest BCUT2D eigenvalue weighted by atomic mass is 9.91. The van der Waals surface area contributed by atoms with Crippen LogP contribution in [0.5, 0.6) is 0 Å². The number of alkyl halides is 1. The van der Waals surface area contributed by atoms with Gasteiger partial charge in [-0.05, 0) is 19.8 Å². The molecule has 1 aliphatic rings. The molecule has 0 aromatic carbocycles. The van der Waals surface area contributed by atoms with Crippen LogP contribution in [0.2, 0.25) is 0 Å². The van der Waals surface area contributed by atoms with Crippen molar-refractivity contribution < 1.29 is 14.3 Å². The van der Waals surface area contributed by atoms with Crippen LogP contribution in [0.15, 0.2) is 0 Å². The average Bonchev–Trinajstić information content (AvgIpc) is 2.39. The summed E-state index contributed by atoms with van der Waals surface area (Å²) in [4.78, 5) is 24.4. The van der Waals surface area contributed by atoms with Gasteiger partial charge in [0.25, 0.3) is 0 Å². The maximum absolute atomic E-state index is 12.3. The third-order valence-corrected chi connectivity index (χ3v) is 4.88. The quantitative estimate of drug-likeness (QED) is 0.433. The zero-order valence-corrected chi connectivity index (χ0v) is 13.5. The number of halogens is 1. The van der Waals surface area contributed by atoms with Gasteiger partial charge in [0, 0.05) is 6.42 Å². The summed E-state index contributed by atoms with van der Waals surface area (Å²) >= 11 is 3.39. The van der Waals surface area contributed by atoms with Gasteiger partial charge in [-0.2, -0.15) is 0 Å². The normalized spacial score (nSPS) is 27.2. The number of hydrogen-bond acceptors (Lipinski definition) is 3. The van der Waals surface area contributed by atoms with E-state index in [9.17, 15) is 9.59 Å². The summed E-state index contributed by atoms with van der Waals surface area (Å²) in [6.45, 7) is 2.09. The summed E-state index contributed by atoms with van der Waals surface area (Å²) < 4.78 is 3.98. The van der Waals surface area contributed by atoms with E-state index in [2.05, 4.69) is 15.9 Å². The Bertz CT molecular complexity index is 304. The van der Waals surface area contributed by atoms with Gasteiger partial charge in [-0.3, -0.25) is 9.59 Å². The molecule has 3 nitrogen and oxygen atoms in total. The van der Waals surface area contributed by atoms with E-state index in [-0.39, 0.29) is 5.78 Å². The summed E-state index contributed by atoms with van der Waals surface area (Å²) in [5, 5.41) is 0. The molecule has 0 aromatic rings. The molecule has 1 aliphatic carbocycles. The van der Waals surface area contributed by atoms with E-state index in [1.54, 1.807) is 6.92 Å². The van der Waals surface area contributed by atoms with Crippen LogP contribution in [0.3, 0.4) is 0 Å². The minimum Gasteiger partial charge on any atom is -0.465 e. The van der Waals surface area contributed by atoms with Gasteiger partial charge in [-0.15, -0.1) is 0 Å². The predicted molar refractivity (Wildman–Crippen MR) is 79.5 cm³/mol. The van der Waals surface area contributed by atoms with Gasteiger partial charge in [0.2, 0.25) is 0 Å². The second-order valence-electron chi connectivity index (χ2n) is 5.27. The lowest BCUT2D eigenvalue weighted by molar-refractivity contribution is -0.149. The first-order valence-electron chi connectivity index (χ1n) is 7.50. The van der Waals surface area contributed by atoms with Crippen LogP contribution in [0.25, 0.3) is 0 Å². The van der Waals surface area contributed by atoms with Crippen molar-refractivity contribution in [2.24, 2.45) is 0 Å². The minimum absolute atomic E-state index is 0.00785. The van der Waals surface area contributed by atoms with Crippen molar-refractivity contribution in [1.29, 1.82) is 0 Å². The summed E-state index contributed by atoms with van der Waals surface area (Å²) in [5.41, 5.74) is 0. The van der Waals surface area contributed by atoms with Gasteiger partial charge >= 0.3 is 5.97 Å². The van der Waals surface area contributed by atoms with Crippen molar-refractivity contribution >= 4 is 27.7 Å². The molecule has 0 aliphatic heterocycles. The maximum atomic E-state index is 12.3. The van der Waals surface area contributed by atoms with E-state index in [0.29, 0.717) is 19.4 Å². The van der Waals surface area contributed by atoms with Crippen molar-refractivity contribution in [2.45, 2.75) is 75.5 Å². The summed E-state index contributed by atoms with van der Waals surface area (Å²) in [7, 11) is 0. The molecule has 0 heterocycles. The molecule has 1 unspecified atom stereocenters. The minimum atomic E-state index is -1.10. The van der Waals surface area contributed by atoms with Crippen molar-refractivity contribution in [1.82, 2.24) is 0 Å². The SMILES string of the molecule is CCOC(=O)C1(Br)CCCCCCCCCCC1=O. The van der Waals surface area contributed by atoms with Crippen LogP contribution in [0.4, 0.5) is 0 Å². The van der Waals surface area contributed by atoms with Gasteiger partial charge in [-0.1, -0.05) is 60.9 Å². The number of ether oxygens (including phenoxy) is 1. The molecular formula is C15H25BrO3. The zero-order valence-electron chi connectivity index (χ0n) is 11.9. The van der Waals surface area contributed by atoms with Gasteiger partial charge in [0.05, 0.1) is 6.61 Å². The Morgan fingerprint density at radius 3 is 2.21 bits per heavy atom. The van der Waals surface area contributed by atoms with Crippen molar-refractivity contribution in [2.75, 3.05) is 6.61 Å². The second kappa shape index (κ2) is 8.72. The van der Waals surface area contributed by atoms with E-state index in [0.717, 1.165) is 25.7 Å². The molecule has 0 spiro atoms. The highest BCUT2D eigenvalue weighted by Gasteiger charge is 2.43. The van der Waals surface area contributed by atoms with Crippen LogP contribution in [0, 0.1) is 0 Å². The van der Waals surface area contributed by atoms with Crippen LogP contribution in [-0.4, -0.2) is 22.7 Å². The van der Waals surface area contributed by atoms with Crippen LogP contribution in [0.1, 0.15) is 71.1 Å². The van der Waals surface area contributed by atoms with Crippen molar-refractivity contribution in [3.05, 3.63) is 0 Å². The van der Waals surface area contributed by atoms with Gasteiger partial charge in [0.1, 0.15) is 0 Å². The highest BCUT2D eigenvalue weighted by molar-refractivity contribution is 9.10. The predicted octanol–water partition coefficient (Wildman–Crippen LogP) is 4.17. The Hall–Kier alpha value is -0.380. The number of Topliss-reactive ketones (excluding diaryl/α,β-unsaturated/α-hetero) is 1.